The number of aryl methyl sites for hydroxylation is 1. The Bertz CT molecular complexity index is 471. The average Bonchev–Trinajstić information content (AvgIpc) is 2.59. The molecule has 0 radical (unpaired) electrons. The molecule has 0 amide bonds. The van der Waals surface area contributed by atoms with Gasteiger partial charge in [0.2, 0.25) is 0 Å². The second-order valence-corrected chi connectivity index (χ2v) is 7.23. The van der Waals surface area contributed by atoms with Gasteiger partial charge in [0.1, 0.15) is 6.10 Å². The van der Waals surface area contributed by atoms with Crippen molar-refractivity contribution in [1.82, 2.24) is 0 Å². The monoisotopic (exact) mass is 320 g/mol. The van der Waals surface area contributed by atoms with Gasteiger partial charge in [-0.15, -0.1) is 0 Å². The van der Waals surface area contributed by atoms with Gasteiger partial charge < -0.3 is 9.47 Å². The second kappa shape index (κ2) is 7.75. The van der Waals surface area contributed by atoms with E-state index in [-0.39, 0.29) is 12.0 Å². The maximum Gasteiger partial charge on any atom is 0.187 e. The smallest absolute Gasteiger partial charge is 0.187 e. The fraction of sp³-hybridized carbons (Fsp3) is 0.684. The molecular weight excluding hydrogens is 292 g/mol. The highest BCUT2D eigenvalue weighted by Crippen LogP contribution is 2.35. The summed E-state index contributed by atoms with van der Waals surface area (Å²) in [6.07, 6.45) is 3.67. The lowest BCUT2D eigenvalue weighted by molar-refractivity contribution is -0.356. The standard InChI is InChI=1S/C19H28O4/c1-13-3-7-15(8-4-13)17-11-21-19(22-12-17)18(23-20)16-9-5-14(2)6-10-16/h3-4,7-8,14,16-20H,5-6,9-12H2,1-2H3. The first-order valence-corrected chi connectivity index (χ1v) is 8.77. The van der Waals surface area contributed by atoms with Gasteiger partial charge in [0.15, 0.2) is 6.29 Å². The van der Waals surface area contributed by atoms with E-state index in [1.807, 2.05) is 0 Å². The first-order valence-electron chi connectivity index (χ1n) is 8.77. The molecule has 4 nitrogen and oxygen atoms in total. The summed E-state index contributed by atoms with van der Waals surface area (Å²) in [6.45, 7) is 5.58. The molecule has 1 atom stereocenters. The van der Waals surface area contributed by atoms with Gasteiger partial charge in [-0.2, -0.15) is 0 Å². The first kappa shape index (κ1) is 16.9. The molecular formula is C19H28O4. The molecule has 2 fully saturated rings. The molecule has 1 aliphatic heterocycles. The topological polar surface area (TPSA) is 47.9 Å². The van der Waals surface area contributed by atoms with E-state index in [1.165, 1.54) is 24.0 Å². The summed E-state index contributed by atoms with van der Waals surface area (Å²) in [5, 5.41) is 9.35. The molecule has 1 heterocycles. The van der Waals surface area contributed by atoms with Crippen molar-refractivity contribution in [2.75, 3.05) is 13.2 Å². The van der Waals surface area contributed by atoms with Gasteiger partial charge in [-0.3, -0.25) is 5.26 Å². The van der Waals surface area contributed by atoms with E-state index in [9.17, 15) is 5.26 Å². The molecule has 0 spiro atoms. The van der Waals surface area contributed by atoms with E-state index in [0.29, 0.717) is 19.1 Å². The average molecular weight is 320 g/mol. The number of benzene rings is 1. The van der Waals surface area contributed by atoms with Crippen LogP contribution in [-0.2, 0) is 14.4 Å². The molecule has 1 unspecified atom stereocenters. The van der Waals surface area contributed by atoms with Crippen LogP contribution in [0.2, 0.25) is 0 Å². The van der Waals surface area contributed by atoms with Crippen LogP contribution in [0.5, 0.6) is 0 Å². The van der Waals surface area contributed by atoms with Gasteiger partial charge in [0.25, 0.3) is 0 Å². The van der Waals surface area contributed by atoms with E-state index < -0.39 is 6.29 Å². The maximum absolute atomic E-state index is 9.35. The Morgan fingerprint density at radius 2 is 1.65 bits per heavy atom. The van der Waals surface area contributed by atoms with Gasteiger partial charge in [0.05, 0.1) is 13.2 Å². The number of hydrogen-bond donors (Lipinski definition) is 1. The third kappa shape index (κ3) is 4.13. The Kier molecular flexibility index (Phi) is 5.70. The minimum Gasteiger partial charge on any atom is -0.349 e. The van der Waals surface area contributed by atoms with Crippen molar-refractivity contribution in [3.05, 3.63) is 35.4 Å². The lowest BCUT2D eigenvalue weighted by atomic mass is 9.80. The van der Waals surface area contributed by atoms with Crippen molar-refractivity contribution in [2.45, 2.75) is 57.8 Å². The lowest BCUT2D eigenvalue weighted by Crippen LogP contribution is -2.44. The van der Waals surface area contributed by atoms with Crippen LogP contribution in [0.25, 0.3) is 0 Å². The fourth-order valence-electron chi connectivity index (χ4n) is 3.71. The van der Waals surface area contributed by atoms with E-state index in [0.717, 1.165) is 18.8 Å². The molecule has 2 aliphatic rings. The lowest BCUT2D eigenvalue weighted by Gasteiger charge is -2.38. The van der Waals surface area contributed by atoms with Crippen LogP contribution in [-0.4, -0.2) is 30.9 Å². The van der Waals surface area contributed by atoms with E-state index in [4.69, 9.17) is 14.4 Å². The molecule has 1 aromatic carbocycles. The highest BCUT2D eigenvalue weighted by atomic mass is 17.1. The highest BCUT2D eigenvalue weighted by molar-refractivity contribution is 5.24. The summed E-state index contributed by atoms with van der Waals surface area (Å²) in [6, 6.07) is 8.50. The number of rotatable bonds is 4. The van der Waals surface area contributed by atoms with Crippen LogP contribution in [0.3, 0.4) is 0 Å². The molecule has 1 N–H and O–H groups in total. The number of hydrogen-bond acceptors (Lipinski definition) is 4. The predicted molar refractivity (Wildman–Crippen MR) is 88.2 cm³/mol. The molecule has 0 aromatic heterocycles. The van der Waals surface area contributed by atoms with Gasteiger partial charge >= 0.3 is 0 Å². The highest BCUT2D eigenvalue weighted by Gasteiger charge is 2.37. The van der Waals surface area contributed by atoms with Gasteiger partial charge in [-0.25, -0.2) is 4.89 Å². The predicted octanol–water partition coefficient (Wildman–Crippen LogP) is 4.14. The summed E-state index contributed by atoms with van der Waals surface area (Å²) in [5.74, 6) is 1.33. The Morgan fingerprint density at radius 3 is 2.22 bits per heavy atom. The van der Waals surface area contributed by atoms with Crippen LogP contribution in [0.1, 0.15) is 49.7 Å². The van der Waals surface area contributed by atoms with Crippen molar-refractivity contribution in [2.24, 2.45) is 11.8 Å². The third-order valence-corrected chi connectivity index (χ3v) is 5.39. The zero-order chi connectivity index (χ0) is 16.2. The quantitative estimate of drug-likeness (QED) is 0.669. The maximum atomic E-state index is 9.35. The van der Waals surface area contributed by atoms with Crippen LogP contribution in [0.4, 0.5) is 0 Å². The van der Waals surface area contributed by atoms with E-state index in [1.54, 1.807) is 0 Å². The summed E-state index contributed by atoms with van der Waals surface area (Å²) in [4.78, 5) is 4.77. The molecule has 0 bridgehead atoms. The molecule has 1 saturated heterocycles. The molecule has 23 heavy (non-hydrogen) atoms. The minimum absolute atomic E-state index is 0.248. The summed E-state index contributed by atoms with van der Waals surface area (Å²) < 4.78 is 11.8. The third-order valence-electron chi connectivity index (χ3n) is 5.39. The normalized spacial score (nSPS) is 33.3. The van der Waals surface area contributed by atoms with Crippen molar-refractivity contribution < 1.29 is 19.6 Å². The number of ether oxygens (including phenoxy) is 2. The summed E-state index contributed by atoms with van der Waals surface area (Å²) in [7, 11) is 0. The fourth-order valence-corrected chi connectivity index (χ4v) is 3.71. The van der Waals surface area contributed by atoms with Crippen LogP contribution >= 0.6 is 0 Å². The molecule has 1 saturated carbocycles. The summed E-state index contributed by atoms with van der Waals surface area (Å²) >= 11 is 0. The zero-order valence-electron chi connectivity index (χ0n) is 14.1. The SMILES string of the molecule is Cc1ccc(C2COC(C(OO)C3CCC(C)CC3)OC2)cc1. The minimum atomic E-state index is -0.458. The van der Waals surface area contributed by atoms with Gasteiger partial charge in [-0.1, -0.05) is 49.6 Å². The molecule has 1 aromatic rings. The van der Waals surface area contributed by atoms with Crippen molar-refractivity contribution in [1.29, 1.82) is 0 Å². The Hall–Kier alpha value is -0.940. The van der Waals surface area contributed by atoms with Crippen LogP contribution in [0, 0.1) is 18.8 Å². The molecule has 3 rings (SSSR count). The first-order chi connectivity index (χ1) is 11.2. The van der Waals surface area contributed by atoms with E-state index in [2.05, 4.69) is 38.1 Å². The van der Waals surface area contributed by atoms with E-state index >= 15 is 0 Å². The zero-order valence-corrected chi connectivity index (χ0v) is 14.1. The second-order valence-electron chi connectivity index (χ2n) is 7.23. The molecule has 4 heteroatoms. The van der Waals surface area contributed by atoms with Gasteiger partial charge in [0, 0.05) is 5.92 Å². The van der Waals surface area contributed by atoms with Crippen molar-refractivity contribution in [3.8, 4) is 0 Å². The molecule has 128 valence electrons. The molecule has 1 aliphatic carbocycles. The largest absolute Gasteiger partial charge is 0.349 e. The van der Waals surface area contributed by atoms with Crippen molar-refractivity contribution in [3.63, 3.8) is 0 Å². The Morgan fingerprint density at radius 1 is 1.04 bits per heavy atom. The van der Waals surface area contributed by atoms with Crippen LogP contribution < -0.4 is 0 Å². The van der Waals surface area contributed by atoms with Crippen LogP contribution in [0.15, 0.2) is 24.3 Å². The van der Waals surface area contributed by atoms with Crippen molar-refractivity contribution >= 4 is 0 Å². The van der Waals surface area contributed by atoms with Gasteiger partial charge in [-0.05, 0) is 37.2 Å². The Balaban J connectivity index is 1.55. The summed E-state index contributed by atoms with van der Waals surface area (Å²) in [5.41, 5.74) is 2.49. The Labute approximate surface area is 138 Å².